The smallest absolute Gasteiger partial charge is 0.0185 e. The number of benzene rings is 1. The van der Waals surface area contributed by atoms with Crippen molar-refractivity contribution in [2.45, 2.75) is 60.3 Å². The van der Waals surface area contributed by atoms with Gasteiger partial charge in [-0.1, -0.05) is 65.8 Å². The molecule has 96 valence electrons. The van der Waals surface area contributed by atoms with Crippen LogP contribution in [0.5, 0.6) is 0 Å². The highest BCUT2D eigenvalue weighted by Crippen LogP contribution is 2.35. The first-order chi connectivity index (χ1) is 7.86. The molecule has 2 unspecified atom stereocenters. The Bertz CT molecular complexity index is 343. The molecule has 0 heterocycles. The van der Waals surface area contributed by atoms with Crippen molar-refractivity contribution in [2.75, 3.05) is 0 Å². The van der Waals surface area contributed by atoms with Gasteiger partial charge in [0.25, 0.3) is 0 Å². The Morgan fingerprint density at radius 2 is 1.65 bits per heavy atom. The fourth-order valence-corrected chi connectivity index (χ4v) is 2.35. The highest BCUT2D eigenvalue weighted by atomic mass is 14.3. The summed E-state index contributed by atoms with van der Waals surface area (Å²) in [5, 5.41) is 0. The van der Waals surface area contributed by atoms with Gasteiger partial charge < -0.3 is 0 Å². The molecule has 0 N–H and O–H groups in total. The van der Waals surface area contributed by atoms with Crippen molar-refractivity contribution in [1.82, 2.24) is 0 Å². The van der Waals surface area contributed by atoms with Crippen LogP contribution in [-0.2, 0) is 6.42 Å². The van der Waals surface area contributed by atoms with Gasteiger partial charge in [-0.2, -0.15) is 0 Å². The highest BCUT2D eigenvalue weighted by molar-refractivity contribution is 5.30. The average Bonchev–Trinajstić information content (AvgIpc) is 2.27. The first-order valence-corrected chi connectivity index (χ1v) is 6.94. The zero-order valence-corrected chi connectivity index (χ0v) is 12.4. The molecule has 0 aromatic heterocycles. The molecule has 0 radical (unpaired) electrons. The Kier molecular flexibility index (Phi) is 4.80. The van der Waals surface area contributed by atoms with Crippen LogP contribution < -0.4 is 0 Å². The van der Waals surface area contributed by atoms with Gasteiger partial charge in [0.1, 0.15) is 0 Å². The fourth-order valence-electron chi connectivity index (χ4n) is 2.35. The predicted molar refractivity (Wildman–Crippen MR) is 77.5 cm³/mol. The van der Waals surface area contributed by atoms with Crippen molar-refractivity contribution in [3.05, 3.63) is 35.4 Å². The van der Waals surface area contributed by atoms with Gasteiger partial charge in [0.2, 0.25) is 0 Å². The van der Waals surface area contributed by atoms with E-state index in [1.165, 1.54) is 12.0 Å². The lowest BCUT2D eigenvalue weighted by Crippen LogP contribution is -2.19. The van der Waals surface area contributed by atoms with Gasteiger partial charge in [0.15, 0.2) is 0 Å². The van der Waals surface area contributed by atoms with Crippen LogP contribution in [0.15, 0.2) is 24.3 Å². The largest absolute Gasteiger partial charge is 0.0620 e. The second kappa shape index (κ2) is 5.71. The molecule has 0 saturated heterocycles. The summed E-state index contributed by atoms with van der Waals surface area (Å²) < 4.78 is 0. The molecule has 0 spiro atoms. The van der Waals surface area contributed by atoms with E-state index in [1.807, 2.05) is 0 Å². The third-order valence-electron chi connectivity index (χ3n) is 4.15. The average molecular weight is 232 g/mol. The number of aryl methyl sites for hydroxylation is 1. The molecule has 2 atom stereocenters. The van der Waals surface area contributed by atoms with E-state index in [0.29, 0.717) is 11.3 Å². The Labute approximate surface area is 107 Å². The summed E-state index contributed by atoms with van der Waals surface area (Å²) in [6.45, 7) is 14.0. The molecule has 0 nitrogen and oxygen atoms in total. The summed E-state index contributed by atoms with van der Waals surface area (Å²) in [5.74, 6) is 1.42. The summed E-state index contributed by atoms with van der Waals surface area (Å²) in [6.07, 6.45) is 2.42. The van der Waals surface area contributed by atoms with E-state index < -0.39 is 0 Å². The second-order valence-corrected chi connectivity index (χ2v) is 6.46. The van der Waals surface area contributed by atoms with E-state index in [4.69, 9.17) is 0 Å². The van der Waals surface area contributed by atoms with Crippen LogP contribution in [-0.4, -0.2) is 0 Å². The molecular weight excluding hydrogens is 204 g/mol. The SMILES string of the molecule is CCc1ccccc1C(C)CC(C)C(C)(C)C. The summed E-state index contributed by atoms with van der Waals surface area (Å²) >= 11 is 0. The highest BCUT2D eigenvalue weighted by Gasteiger charge is 2.23. The quantitative estimate of drug-likeness (QED) is 0.650. The summed E-state index contributed by atoms with van der Waals surface area (Å²) in [6, 6.07) is 8.90. The zero-order chi connectivity index (χ0) is 13.1. The molecule has 1 aromatic rings. The minimum Gasteiger partial charge on any atom is -0.0620 e. The molecule has 0 saturated carbocycles. The molecule has 0 amide bonds. The van der Waals surface area contributed by atoms with Crippen molar-refractivity contribution >= 4 is 0 Å². The van der Waals surface area contributed by atoms with Crippen LogP contribution in [0.4, 0.5) is 0 Å². The molecule has 0 fully saturated rings. The van der Waals surface area contributed by atoms with Crippen LogP contribution in [0.2, 0.25) is 0 Å². The normalized spacial score (nSPS) is 15.6. The molecular formula is C17H28. The third kappa shape index (κ3) is 3.87. The van der Waals surface area contributed by atoms with Gasteiger partial charge >= 0.3 is 0 Å². The minimum atomic E-state index is 0.412. The first kappa shape index (κ1) is 14.3. The van der Waals surface area contributed by atoms with Gasteiger partial charge in [-0.25, -0.2) is 0 Å². The summed E-state index contributed by atoms with van der Waals surface area (Å²) in [5.41, 5.74) is 3.47. The standard InChI is InChI=1S/C17H28/c1-7-15-10-8-9-11-16(15)13(2)12-14(3)17(4,5)6/h8-11,13-14H,7,12H2,1-6H3. The Hall–Kier alpha value is -0.780. The topological polar surface area (TPSA) is 0 Å². The monoisotopic (exact) mass is 232 g/mol. The Balaban J connectivity index is 2.79. The molecule has 0 aliphatic heterocycles. The van der Waals surface area contributed by atoms with Crippen LogP contribution in [0.25, 0.3) is 0 Å². The van der Waals surface area contributed by atoms with E-state index in [0.717, 1.165) is 12.3 Å². The van der Waals surface area contributed by atoms with E-state index in [1.54, 1.807) is 5.56 Å². The molecule has 1 aromatic carbocycles. The lowest BCUT2D eigenvalue weighted by atomic mass is 9.75. The Morgan fingerprint density at radius 1 is 1.06 bits per heavy atom. The van der Waals surface area contributed by atoms with Gasteiger partial charge in [0, 0.05) is 0 Å². The van der Waals surface area contributed by atoms with Crippen molar-refractivity contribution in [2.24, 2.45) is 11.3 Å². The van der Waals surface area contributed by atoms with E-state index in [9.17, 15) is 0 Å². The minimum absolute atomic E-state index is 0.412. The zero-order valence-electron chi connectivity index (χ0n) is 12.4. The van der Waals surface area contributed by atoms with Crippen LogP contribution in [0.1, 0.15) is 65.0 Å². The van der Waals surface area contributed by atoms with Crippen molar-refractivity contribution in [1.29, 1.82) is 0 Å². The lowest BCUT2D eigenvalue weighted by molar-refractivity contribution is 0.236. The number of rotatable bonds is 4. The molecule has 0 aliphatic rings. The van der Waals surface area contributed by atoms with E-state index >= 15 is 0 Å². The van der Waals surface area contributed by atoms with E-state index in [2.05, 4.69) is 65.8 Å². The number of hydrogen-bond donors (Lipinski definition) is 0. The summed E-state index contributed by atoms with van der Waals surface area (Å²) in [7, 11) is 0. The first-order valence-electron chi connectivity index (χ1n) is 6.94. The van der Waals surface area contributed by atoms with Crippen LogP contribution in [0.3, 0.4) is 0 Å². The maximum absolute atomic E-state index is 2.38. The van der Waals surface area contributed by atoms with Crippen LogP contribution in [0, 0.1) is 11.3 Å². The van der Waals surface area contributed by atoms with Gasteiger partial charge in [-0.15, -0.1) is 0 Å². The molecule has 1 rings (SSSR count). The molecule has 0 bridgehead atoms. The van der Waals surface area contributed by atoms with Crippen molar-refractivity contribution in [3.8, 4) is 0 Å². The van der Waals surface area contributed by atoms with Gasteiger partial charge in [-0.05, 0) is 41.2 Å². The number of hydrogen-bond acceptors (Lipinski definition) is 0. The maximum atomic E-state index is 2.38. The third-order valence-corrected chi connectivity index (χ3v) is 4.15. The van der Waals surface area contributed by atoms with Gasteiger partial charge in [0.05, 0.1) is 0 Å². The summed E-state index contributed by atoms with van der Waals surface area (Å²) in [4.78, 5) is 0. The van der Waals surface area contributed by atoms with Gasteiger partial charge in [-0.3, -0.25) is 0 Å². The predicted octanol–water partition coefficient (Wildman–Crippen LogP) is 5.42. The molecule has 0 aliphatic carbocycles. The fraction of sp³-hybridized carbons (Fsp3) is 0.647. The molecule has 17 heavy (non-hydrogen) atoms. The second-order valence-electron chi connectivity index (χ2n) is 6.46. The van der Waals surface area contributed by atoms with Crippen LogP contribution >= 0.6 is 0 Å². The molecule has 0 heteroatoms. The lowest BCUT2D eigenvalue weighted by Gasteiger charge is -2.30. The maximum Gasteiger partial charge on any atom is -0.0185 e. The van der Waals surface area contributed by atoms with Crippen molar-refractivity contribution in [3.63, 3.8) is 0 Å². The van der Waals surface area contributed by atoms with Crippen molar-refractivity contribution < 1.29 is 0 Å². The van der Waals surface area contributed by atoms with E-state index in [-0.39, 0.29) is 0 Å². The Morgan fingerprint density at radius 3 is 2.18 bits per heavy atom.